The number of hydrogen-bond donors (Lipinski definition) is 1. The van der Waals surface area contributed by atoms with E-state index in [1.54, 1.807) is 7.11 Å². The fourth-order valence-corrected chi connectivity index (χ4v) is 5.37. The zero-order valence-corrected chi connectivity index (χ0v) is 14.3. The first kappa shape index (κ1) is 16.5. The summed E-state index contributed by atoms with van der Waals surface area (Å²) in [6.07, 6.45) is 3.33. The molecule has 3 unspecified atom stereocenters. The third kappa shape index (κ3) is 3.49. The van der Waals surface area contributed by atoms with Gasteiger partial charge in [0.15, 0.2) is 0 Å². The third-order valence-electron chi connectivity index (χ3n) is 4.51. The molecule has 0 saturated heterocycles. The van der Waals surface area contributed by atoms with Gasteiger partial charge in [-0.05, 0) is 36.9 Å². The quantitative estimate of drug-likeness (QED) is 0.906. The van der Waals surface area contributed by atoms with Crippen molar-refractivity contribution >= 4 is 10.8 Å². The Hall–Kier alpha value is -0.870. The van der Waals surface area contributed by atoms with Crippen molar-refractivity contribution in [2.24, 2.45) is 5.41 Å². The first-order valence-corrected chi connectivity index (χ1v) is 8.99. The van der Waals surface area contributed by atoms with Crippen LogP contribution in [0.3, 0.4) is 0 Å². The van der Waals surface area contributed by atoms with E-state index < -0.39 is 10.8 Å². The van der Waals surface area contributed by atoms with Crippen LogP contribution >= 0.6 is 0 Å². The SMILES string of the molecule is CCNC1C(S(=O)c2ccccc2OC)CCCC1(C)C. The number of benzene rings is 1. The van der Waals surface area contributed by atoms with Crippen LogP contribution in [0.4, 0.5) is 0 Å². The lowest BCUT2D eigenvalue weighted by Gasteiger charge is -2.44. The van der Waals surface area contributed by atoms with Gasteiger partial charge in [-0.25, -0.2) is 0 Å². The molecule has 3 atom stereocenters. The van der Waals surface area contributed by atoms with Crippen molar-refractivity contribution in [3.05, 3.63) is 24.3 Å². The molecule has 1 N–H and O–H groups in total. The number of hydrogen-bond acceptors (Lipinski definition) is 3. The van der Waals surface area contributed by atoms with Crippen LogP contribution in [0.25, 0.3) is 0 Å². The summed E-state index contributed by atoms with van der Waals surface area (Å²) in [5.74, 6) is 0.731. The lowest BCUT2D eigenvalue weighted by molar-refractivity contribution is 0.174. The number of rotatable bonds is 5. The molecule has 1 saturated carbocycles. The summed E-state index contributed by atoms with van der Waals surface area (Å²) < 4.78 is 18.5. The minimum absolute atomic E-state index is 0.144. The molecule has 0 spiro atoms. The van der Waals surface area contributed by atoms with Crippen molar-refractivity contribution in [2.75, 3.05) is 13.7 Å². The van der Waals surface area contributed by atoms with Crippen molar-refractivity contribution < 1.29 is 8.95 Å². The summed E-state index contributed by atoms with van der Waals surface area (Å²) in [4.78, 5) is 0.825. The molecule has 0 bridgehead atoms. The summed E-state index contributed by atoms with van der Waals surface area (Å²) >= 11 is 0. The van der Waals surface area contributed by atoms with Crippen molar-refractivity contribution in [3.8, 4) is 5.75 Å². The second-order valence-corrected chi connectivity index (χ2v) is 8.04. The number of nitrogens with one attached hydrogen (secondary N) is 1. The van der Waals surface area contributed by atoms with Gasteiger partial charge in [0.25, 0.3) is 0 Å². The average molecular weight is 309 g/mol. The Morgan fingerprint density at radius 2 is 2.10 bits per heavy atom. The molecule has 0 amide bonds. The van der Waals surface area contributed by atoms with Gasteiger partial charge in [-0.15, -0.1) is 0 Å². The van der Waals surface area contributed by atoms with E-state index in [0.29, 0.717) is 0 Å². The predicted octanol–water partition coefficient (Wildman–Crippen LogP) is 3.36. The maximum Gasteiger partial charge on any atom is 0.134 e. The monoisotopic (exact) mass is 309 g/mol. The summed E-state index contributed by atoms with van der Waals surface area (Å²) in [7, 11) is 0.595. The lowest BCUT2D eigenvalue weighted by atomic mass is 9.73. The van der Waals surface area contributed by atoms with E-state index in [4.69, 9.17) is 4.74 Å². The van der Waals surface area contributed by atoms with Gasteiger partial charge in [0, 0.05) is 6.04 Å². The summed E-state index contributed by atoms with van der Waals surface area (Å²) in [5, 5.41) is 3.72. The van der Waals surface area contributed by atoms with Crippen molar-refractivity contribution in [3.63, 3.8) is 0 Å². The highest BCUT2D eigenvalue weighted by atomic mass is 32.2. The van der Waals surface area contributed by atoms with Crippen LogP contribution in [0.5, 0.6) is 5.75 Å². The Morgan fingerprint density at radius 3 is 2.76 bits per heavy atom. The standard InChI is InChI=1S/C17H27NO2S/c1-5-18-16-15(11-8-12-17(16,2)3)21(19)14-10-7-6-9-13(14)20-4/h6-7,9-10,15-16,18H,5,8,11-12H2,1-4H3. The van der Waals surface area contributed by atoms with E-state index in [0.717, 1.165) is 30.0 Å². The van der Waals surface area contributed by atoms with Gasteiger partial charge in [0.2, 0.25) is 0 Å². The maximum absolute atomic E-state index is 13.1. The van der Waals surface area contributed by atoms with Gasteiger partial charge in [-0.1, -0.05) is 39.3 Å². The zero-order valence-electron chi connectivity index (χ0n) is 13.5. The first-order valence-electron chi connectivity index (χ1n) is 7.78. The Morgan fingerprint density at radius 1 is 1.38 bits per heavy atom. The molecule has 2 rings (SSSR count). The molecule has 118 valence electrons. The van der Waals surface area contributed by atoms with Crippen LogP contribution in [-0.2, 0) is 10.8 Å². The van der Waals surface area contributed by atoms with E-state index in [1.165, 1.54) is 6.42 Å². The second-order valence-electron chi connectivity index (χ2n) is 6.40. The molecular formula is C17H27NO2S. The van der Waals surface area contributed by atoms with Gasteiger partial charge >= 0.3 is 0 Å². The van der Waals surface area contributed by atoms with Gasteiger partial charge in [-0.3, -0.25) is 4.21 Å². The van der Waals surface area contributed by atoms with Crippen molar-refractivity contribution in [2.45, 2.75) is 56.2 Å². The molecule has 0 aromatic heterocycles. The fraction of sp³-hybridized carbons (Fsp3) is 0.647. The van der Waals surface area contributed by atoms with Crippen molar-refractivity contribution in [1.29, 1.82) is 0 Å². The summed E-state index contributed by atoms with van der Waals surface area (Å²) in [5.41, 5.74) is 0.177. The van der Waals surface area contributed by atoms with Crippen molar-refractivity contribution in [1.82, 2.24) is 5.32 Å². The topological polar surface area (TPSA) is 38.3 Å². The van der Waals surface area contributed by atoms with Crippen LogP contribution in [0, 0.1) is 5.41 Å². The molecule has 0 aliphatic heterocycles. The van der Waals surface area contributed by atoms with Gasteiger partial charge < -0.3 is 10.1 Å². The van der Waals surface area contributed by atoms with Gasteiger partial charge in [-0.2, -0.15) is 0 Å². The highest BCUT2D eigenvalue weighted by Gasteiger charge is 2.41. The Labute approximate surface area is 130 Å². The highest BCUT2D eigenvalue weighted by molar-refractivity contribution is 7.85. The number of ether oxygens (including phenoxy) is 1. The Kier molecular flexibility index (Phi) is 5.44. The van der Waals surface area contributed by atoms with E-state index in [9.17, 15) is 4.21 Å². The minimum atomic E-state index is -1.05. The minimum Gasteiger partial charge on any atom is -0.495 e. The normalized spacial score (nSPS) is 26.3. The molecule has 1 aromatic carbocycles. The zero-order chi connectivity index (χ0) is 15.5. The van der Waals surface area contributed by atoms with Crippen LogP contribution in [0.15, 0.2) is 29.2 Å². The summed E-state index contributed by atoms with van der Waals surface area (Å²) in [6, 6.07) is 7.96. The molecule has 1 aromatic rings. The largest absolute Gasteiger partial charge is 0.495 e. The van der Waals surface area contributed by atoms with E-state index in [1.807, 2.05) is 24.3 Å². The van der Waals surface area contributed by atoms with Crippen LogP contribution in [0.1, 0.15) is 40.0 Å². The molecule has 21 heavy (non-hydrogen) atoms. The Bertz CT molecular complexity index is 501. The molecular weight excluding hydrogens is 282 g/mol. The molecule has 1 fully saturated rings. The number of para-hydroxylation sites is 1. The molecule has 1 aliphatic carbocycles. The third-order valence-corrected chi connectivity index (χ3v) is 6.34. The van der Waals surface area contributed by atoms with Crippen LogP contribution in [0.2, 0.25) is 0 Å². The molecule has 0 radical (unpaired) electrons. The van der Waals surface area contributed by atoms with Crippen LogP contribution < -0.4 is 10.1 Å². The smallest absolute Gasteiger partial charge is 0.134 e. The van der Waals surface area contributed by atoms with E-state index in [-0.39, 0.29) is 16.7 Å². The van der Waals surface area contributed by atoms with Crippen LogP contribution in [-0.4, -0.2) is 29.2 Å². The fourth-order valence-electron chi connectivity index (χ4n) is 3.39. The molecule has 3 nitrogen and oxygen atoms in total. The second kappa shape index (κ2) is 6.93. The molecule has 0 heterocycles. The lowest BCUT2D eigenvalue weighted by Crippen LogP contribution is -2.54. The summed E-state index contributed by atoms with van der Waals surface area (Å²) in [6.45, 7) is 7.60. The maximum atomic E-state index is 13.1. The Balaban J connectivity index is 2.31. The number of methoxy groups -OCH3 is 1. The predicted molar refractivity (Wildman–Crippen MR) is 88.3 cm³/mol. The van der Waals surface area contributed by atoms with Gasteiger partial charge in [0.1, 0.15) is 5.75 Å². The average Bonchev–Trinajstić information content (AvgIpc) is 2.48. The van der Waals surface area contributed by atoms with E-state index in [2.05, 4.69) is 26.1 Å². The van der Waals surface area contributed by atoms with Gasteiger partial charge in [0.05, 0.1) is 28.1 Å². The van der Waals surface area contributed by atoms with E-state index >= 15 is 0 Å². The first-order chi connectivity index (χ1) is 10.0. The molecule has 4 heteroatoms. The molecule has 1 aliphatic rings. The highest BCUT2D eigenvalue weighted by Crippen LogP contribution is 2.40.